The van der Waals surface area contributed by atoms with E-state index in [2.05, 4.69) is 33.8 Å². The van der Waals surface area contributed by atoms with Gasteiger partial charge in [-0.05, 0) is 44.6 Å². The number of aromatic nitrogens is 2. The number of para-hydroxylation sites is 1. The SMILES string of the molecule is CN1CCC(n2ccnc2Cc2ccccc2N)CC1. The van der Waals surface area contributed by atoms with Crippen molar-refractivity contribution in [2.45, 2.75) is 25.3 Å². The number of hydrogen-bond acceptors (Lipinski definition) is 3. The Morgan fingerprint density at radius 3 is 2.75 bits per heavy atom. The van der Waals surface area contributed by atoms with Gasteiger partial charge < -0.3 is 15.2 Å². The maximum atomic E-state index is 6.04. The summed E-state index contributed by atoms with van der Waals surface area (Å²) < 4.78 is 2.35. The summed E-state index contributed by atoms with van der Waals surface area (Å²) in [7, 11) is 2.19. The second-order valence-electron chi connectivity index (χ2n) is 5.66. The standard InChI is InChI=1S/C16H22N4/c1-19-9-6-14(7-10-19)20-11-8-18-16(20)12-13-4-2-3-5-15(13)17/h2-5,8,11,14H,6-7,9-10,12,17H2,1H3. The van der Waals surface area contributed by atoms with Crippen molar-refractivity contribution in [2.75, 3.05) is 25.9 Å². The third-order valence-corrected chi connectivity index (χ3v) is 4.23. The molecule has 0 saturated carbocycles. The summed E-state index contributed by atoms with van der Waals surface area (Å²) in [6, 6.07) is 8.63. The zero-order valence-electron chi connectivity index (χ0n) is 12.0. The van der Waals surface area contributed by atoms with Gasteiger partial charge in [-0.1, -0.05) is 18.2 Å². The fourth-order valence-corrected chi connectivity index (χ4v) is 2.95. The van der Waals surface area contributed by atoms with Gasteiger partial charge in [0, 0.05) is 30.5 Å². The van der Waals surface area contributed by atoms with Crippen LogP contribution in [-0.2, 0) is 6.42 Å². The van der Waals surface area contributed by atoms with E-state index in [0.29, 0.717) is 6.04 Å². The highest BCUT2D eigenvalue weighted by Crippen LogP contribution is 2.24. The van der Waals surface area contributed by atoms with Gasteiger partial charge in [0.05, 0.1) is 0 Å². The predicted octanol–water partition coefficient (Wildman–Crippen LogP) is 2.32. The summed E-state index contributed by atoms with van der Waals surface area (Å²) >= 11 is 0. The van der Waals surface area contributed by atoms with Crippen LogP contribution < -0.4 is 5.73 Å². The molecular formula is C16H22N4. The molecule has 0 radical (unpaired) electrons. The normalized spacial score (nSPS) is 17.4. The minimum absolute atomic E-state index is 0.577. The van der Waals surface area contributed by atoms with Gasteiger partial charge in [0.2, 0.25) is 0 Å². The summed E-state index contributed by atoms with van der Waals surface area (Å²) in [4.78, 5) is 6.93. The number of anilines is 1. The molecule has 1 fully saturated rings. The summed E-state index contributed by atoms with van der Waals surface area (Å²) in [5, 5.41) is 0. The van der Waals surface area contributed by atoms with Crippen LogP contribution in [0.4, 0.5) is 5.69 Å². The van der Waals surface area contributed by atoms with E-state index >= 15 is 0 Å². The molecule has 2 heterocycles. The lowest BCUT2D eigenvalue weighted by molar-refractivity contribution is 0.219. The molecule has 3 rings (SSSR count). The first-order valence-corrected chi connectivity index (χ1v) is 7.27. The largest absolute Gasteiger partial charge is 0.398 e. The zero-order chi connectivity index (χ0) is 13.9. The van der Waals surface area contributed by atoms with Gasteiger partial charge in [0.25, 0.3) is 0 Å². The van der Waals surface area contributed by atoms with Crippen molar-refractivity contribution in [1.29, 1.82) is 0 Å². The molecule has 0 bridgehead atoms. The molecule has 0 atom stereocenters. The van der Waals surface area contributed by atoms with Crippen molar-refractivity contribution in [2.24, 2.45) is 0 Å². The van der Waals surface area contributed by atoms with Crippen LogP contribution in [0.15, 0.2) is 36.7 Å². The lowest BCUT2D eigenvalue weighted by atomic mass is 10.0. The molecule has 1 aliphatic heterocycles. The molecular weight excluding hydrogens is 248 g/mol. The van der Waals surface area contributed by atoms with Crippen LogP contribution in [0.3, 0.4) is 0 Å². The average molecular weight is 270 g/mol. The predicted molar refractivity (Wildman–Crippen MR) is 81.7 cm³/mol. The van der Waals surface area contributed by atoms with Gasteiger partial charge in [-0.3, -0.25) is 0 Å². The third kappa shape index (κ3) is 2.70. The quantitative estimate of drug-likeness (QED) is 0.871. The summed E-state index contributed by atoms with van der Waals surface area (Å²) in [5.41, 5.74) is 8.05. The number of benzene rings is 1. The molecule has 1 aromatic heterocycles. The van der Waals surface area contributed by atoms with Crippen LogP contribution in [0, 0.1) is 0 Å². The van der Waals surface area contributed by atoms with E-state index < -0.39 is 0 Å². The number of piperidine rings is 1. The average Bonchev–Trinajstić information content (AvgIpc) is 2.90. The molecule has 1 saturated heterocycles. The van der Waals surface area contributed by atoms with E-state index in [0.717, 1.165) is 36.6 Å². The minimum atomic E-state index is 0.577. The number of hydrogen-bond donors (Lipinski definition) is 1. The number of nitrogens with zero attached hydrogens (tertiary/aromatic N) is 3. The maximum Gasteiger partial charge on any atom is 0.113 e. The van der Waals surface area contributed by atoms with Crippen molar-refractivity contribution >= 4 is 5.69 Å². The summed E-state index contributed by atoms with van der Waals surface area (Å²) in [6.07, 6.45) is 7.23. The molecule has 0 spiro atoms. The second kappa shape index (κ2) is 5.67. The fourth-order valence-electron chi connectivity index (χ4n) is 2.95. The molecule has 2 aromatic rings. The first-order valence-electron chi connectivity index (χ1n) is 7.27. The topological polar surface area (TPSA) is 47.1 Å². The molecule has 4 nitrogen and oxygen atoms in total. The Morgan fingerprint density at radius 2 is 2.00 bits per heavy atom. The summed E-state index contributed by atoms with van der Waals surface area (Å²) in [5.74, 6) is 1.12. The van der Waals surface area contributed by atoms with Crippen LogP contribution in [0.2, 0.25) is 0 Å². The van der Waals surface area contributed by atoms with Crippen molar-refractivity contribution < 1.29 is 0 Å². The highest BCUT2D eigenvalue weighted by Gasteiger charge is 2.20. The van der Waals surface area contributed by atoms with Gasteiger partial charge in [-0.2, -0.15) is 0 Å². The first-order chi connectivity index (χ1) is 9.74. The second-order valence-corrected chi connectivity index (χ2v) is 5.66. The van der Waals surface area contributed by atoms with E-state index in [1.165, 1.54) is 12.8 Å². The van der Waals surface area contributed by atoms with Crippen molar-refractivity contribution in [3.8, 4) is 0 Å². The lowest BCUT2D eigenvalue weighted by Gasteiger charge is -2.30. The van der Waals surface area contributed by atoms with Crippen molar-refractivity contribution in [1.82, 2.24) is 14.5 Å². The molecule has 0 unspecified atom stereocenters. The van der Waals surface area contributed by atoms with E-state index in [1.807, 2.05) is 24.4 Å². The molecule has 0 amide bonds. The van der Waals surface area contributed by atoms with Gasteiger partial charge in [0.15, 0.2) is 0 Å². The Hall–Kier alpha value is -1.81. The number of imidazole rings is 1. The van der Waals surface area contributed by atoms with Crippen molar-refractivity contribution in [3.63, 3.8) is 0 Å². The Kier molecular flexibility index (Phi) is 3.74. The Morgan fingerprint density at radius 1 is 1.25 bits per heavy atom. The highest BCUT2D eigenvalue weighted by atomic mass is 15.1. The first kappa shape index (κ1) is 13.2. The van der Waals surface area contributed by atoms with Gasteiger partial charge in [0.1, 0.15) is 5.82 Å². The molecule has 2 N–H and O–H groups in total. The lowest BCUT2D eigenvalue weighted by Crippen LogP contribution is -2.31. The Labute approximate surface area is 120 Å². The van der Waals surface area contributed by atoms with Crippen molar-refractivity contribution in [3.05, 3.63) is 48.0 Å². The molecule has 1 aromatic carbocycles. The maximum absolute atomic E-state index is 6.04. The van der Waals surface area contributed by atoms with E-state index in [4.69, 9.17) is 5.73 Å². The minimum Gasteiger partial charge on any atom is -0.398 e. The van der Waals surface area contributed by atoms with Crippen LogP contribution in [0.25, 0.3) is 0 Å². The number of likely N-dealkylation sites (tertiary alicyclic amines) is 1. The van der Waals surface area contributed by atoms with E-state index in [-0.39, 0.29) is 0 Å². The van der Waals surface area contributed by atoms with Crippen LogP contribution in [-0.4, -0.2) is 34.6 Å². The molecule has 1 aliphatic rings. The van der Waals surface area contributed by atoms with Crippen LogP contribution in [0.1, 0.15) is 30.3 Å². The highest BCUT2D eigenvalue weighted by molar-refractivity contribution is 5.47. The van der Waals surface area contributed by atoms with Gasteiger partial charge in [-0.15, -0.1) is 0 Å². The zero-order valence-corrected chi connectivity index (χ0v) is 12.0. The third-order valence-electron chi connectivity index (χ3n) is 4.23. The molecule has 20 heavy (non-hydrogen) atoms. The number of nitrogen functional groups attached to an aromatic ring is 1. The fraction of sp³-hybridized carbons (Fsp3) is 0.438. The van der Waals surface area contributed by atoms with Crippen LogP contribution in [0.5, 0.6) is 0 Å². The smallest absolute Gasteiger partial charge is 0.113 e. The number of nitrogens with two attached hydrogens (primary N) is 1. The summed E-state index contributed by atoms with van der Waals surface area (Å²) in [6.45, 7) is 2.32. The Balaban J connectivity index is 1.79. The molecule has 0 aliphatic carbocycles. The molecule has 4 heteroatoms. The van der Waals surface area contributed by atoms with Gasteiger partial charge in [-0.25, -0.2) is 4.98 Å². The van der Waals surface area contributed by atoms with Gasteiger partial charge >= 0.3 is 0 Å². The number of rotatable bonds is 3. The monoisotopic (exact) mass is 270 g/mol. The molecule has 106 valence electrons. The van der Waals surface area contributed by atoms with E-state index in [9.17, 15) is 0 Å². The van der Waals surface area contributed by atoms with Crippen LogP contribution >= 0.6 is 0 Å². The van der Waals surface area contributed by atoms with E-state index in [1.54, 1.807) is 0 Å². The Bertz CT molecular complexity index is 567.